The van der Waals surface area contributed by atoms with E-state index in [1.807, 2.05) is 18.2 Å². The van der Waals surface area contributed by atoms with Gasteiger partial charge >= 0.3 is 0 Å². The molecule has 1 aromatic rings. The maximum absolute atomic E-state index is 13.4. The van der Waals surface area contributed by atoms with E-state index in [-0.39, 0.29) is 0 Å². The Hall–Kier alpha value is -0.890. The first-order valence-electron chi connectivity index (χ1n) is 6.20. The first-order valence-corrected chi connectivity index (χ1v) is 6.20. The minimum absolute atomic E-state index is 0.723. The molecule has 1 fully saturated rings. The fourth-order valence-electron chi connectivity index (χ4n) is 2.50. The third kappa shape index (κ3) is 2.82. The molecule has 0 aliphatic carbocycles. The van der Waals surface area contributed by atoms with Gasteiger partial charge in [-0.3, -0.25) is 0 Å². The van der Waals surface area contributed by atoms with E-state index in [4.69, 9.17) is 0 Å². The van der Waals surface area contributed by atoms with Crippen LogP contribution in [0.3, 0.4) is 0 Å². The van der Waals surface area contributed by atoms with E-state index in [0.717, 1.165) is 31.0 Å². The van der Waals surface area contributed by atoms with Crippen molar-refractivity contribution in [2.45, 2.75) is 32.4 Å². The van der Waals surface area contributed by atoms with Crippen LogP contribution in [0.15, 0.2) is 24.3 Å². The van der Waals surface area contributed by atoms with Crippen molar-refractivity contribution in [2.24, 2.45) is 5.92 Å². The molecule has 0 amide bonds. The quantitative estimate of drug-likeness (QED) is 0.826. The summed E-state index contributed by atoms with van der Waals surface area (Å²) in [6, 6.07) is 7.94. The van der Waals surface area contributed by atoms with Crippen LogP contribution in [0.5, 0.6) is 0 Å². The third-order valence-electron chi connectivity index (χ3n) is 3.45. The highest BCUT2D eigenvalue weighted by molar-refractivity contribution is 5.29. The average Bonchev–Trinajstić information content (AvgIpc) is 2.31. The van der Waals surface area contributed by atoms with Crippen LogP contribution in [-0.4, -0.2) is 13.1 Å². The van der Waals surface area contributed by atoms with Crippen molar-refractivity contribution in [2.75, 3.05) is 13.1 Å². The van der Waals surface area contributed by atoms with E-state index < -0.39 is 6.17 Å². The van der Waals surface area contributed by atoms with Gasteiger partial charge in [0.25, 0.3) is 0 Å². The van der Waals surface area contributed by atoms with Crippen molar-refractivity contribution in [3.63, 3.8) is 0 Å². The zero-order valence-corrected chi connectivity index (χ0v) is 9.88. The van der Waals surface area contributed by atoms with Gasteiger partial charge < -0.3 is 5.32 Å². The molecule has 1 unspecified atom stereocenters. The molecule has 0 radical (unpaired) electrons. The summed E-state index contributed by atoms with van der Waals surface area (Å²) in [4.78, 5) is 0. The van der Waals surface area contributed by atoms with E-state index in [9.17, 15) is 4.39 Å². The minimum atomic E-state index is -0.849. The van der Waals surface area contributed by atoms with Crippen LogP contribution in [0.2, 0.25) is 0 Å². The van der Waals surface area contributed by atoms with Gasteiger partial charge in [0, 0.05) is 0 Å². The molecule has 16 heavy (non-hydrogen) atoms. The zero-order chi connectivity index (χ0) is 11.4. The number of alkyl halides is 1. The highest BCUT2D eigenvalue weighted by Gasteiger charge is 2.16. The maximum atomic E-state index is 13.4. The van der Waals surface area contributed by atoms with Crippen LogP contribution in [0.25, 0.3) is 0 Å². The molecule has 0 aromatic heterocycles. The molecule has 1 saturated heterocycles. The molecule has 1 aliphatic heterocycles. The minimum Gasteiger partial charge on any atom is -0.317 e. The second kappa shape index (κ2) is 5.44. The molecule has 88 valence electrons. The van der Waals surface area contributed by atoms with Crippen LogP contribution in [0, 0.1) is 5.92 Å². The summed E-state index contributed by atoms with van der Waals surface area (Å²) in [5, 5.41) is 3.36. The number of piperidine rings is 1. The largest absolute Gasteiger partial charge is 0.317 e. The van der Waals surface area contributed by atoms with E-state index in [0.29, 0.717) is 0 Å². The van der Waals surface area contributed by atoms with Crippen molar-refractivity contribution >= 4 is 0 Å². The molecule has 2 rings (SSSR count). The fourth-order valence-corrected chi connectivity index (χ4v) is 2.50. The summed E-state index contributed by atoms with van der Waals surface area (Å²) in [6.45, 7) is 3.84. The van der Waals surface area contributed by atoms with Crippen molar-refractivity contribution in [1.82, 2.24) is 5.32 Å². The van der Waals surface area contributed by atoms with Gasteiger partial charge in [-0.2, -0.15) is 0 Å². The standard InChI is InChI=1S/C14H20FN/c1-11(15)14-5-3-2-4-13(14)10-12-6-8-16-9-7-12/h2-5,11-12,16H,6-10H2,1H3. The van der Waals surface area contributed by atoms with Crippen LogP contribution in [0.1, 0.15) is 37.1 Å². The van der Waals surface area contributed by atoms with Crippen LogP contribution in [0.4, 0.5) is 4.39 Å². The van der Waals surface area contributed by atoms with Gasteiger partial charge in [0.05, 0.1) is 0 Å². The second-order valence-electron chi connectivity index (χ2n) is 4.71. The van der Waals surface area contributed by atoms with E-state index in [1.54, 1.807) is 6.92 Å². The Morgan fingerprint density at radius 3 is 2.69 bits per heavy atom. The Bertz CT molecular complexity index is 329. The van der Waals surface area contributed by atoms with Crippen LogP contribution >= 0.6 is 0 Å². The summed E-state index contributed by atoms with van der Waals surface area (Å²) in [5.41, 5.74) is 2.07. The van der Waals surface area contributed by atoms with Gasteiger partial charge in [0.1, 0.15) is 6.17 Å². The summed E-state index contributed by atoms with van der Waals surface area (Å²) in [6.07, 6.45) is 2.62. The lowest BCUT2D eigenvalue weighted by molar-refractivity contribution is 0.355. The third-order valence-corrected chi connectivity index (χ3v) is 3.45. The lowest BCUT2D eigenvalue weighted by Crippen LogP contribution is -2.28. The molecule has 1 N–H and O–H groups in total. The topological polar surface area (TPSA) is 12.0 Å². The highest BCUT2D eigenvalue weighted by atomic mass is 19.1. The van der Waals surface area contributed by atoms with Gasteiger partial charge in [-0.1, -0.05) is 24.3 Å². The Kier molecular flexibility index (Phi) is 3.94. The summed E-state index contributed by atoms with van der Waals surface area (Å²) >= 11 is 0. The van der Waals surface area contributed by atoms with Gasteiger partial charge in [-0.05, 0) is 56.3 Å². The Morgan fingerprint density at radius 1 is 1.31 bits per heavy atom. The molecular formula is C14H20FN. The van der Waals surface area contributed by atoms with Gasteiger partial charge in [0.2, 0.25) is 0 Å². The number of halogens is 1. The van der Waals surface area contributed by atoms with Crippen molar-refractivity contribution in [3.05, 3.63) is 35.4 Å². The monoisotopic (exact) mass is 221 g/mol. The molecule has 1 atom stereocenters. The molecule has 1 heterocycles. The SMILES string of the molecule is CC(F)c1ccccc1CC1CCNCC1. The number of nitrogens with one attached hydrogen (secondary N) is 1. The summed E-state index contributed by atoms with van der Waals surface area (Å²) in [5.74, 6) is 0.723. The first-order chi connectivity index (χ1) is 7.77. The summed E-state index contributed by atoms with van der Waals surface area (Å²) in [7, 11) is 0. The number of hydrogen-bond acceptors (Lipinski definition) is 1. The molecule has 2 heteroatoms. The van der Waals surface area contributed by atoms with E-state index >= 15 is 0 Å². The fraction of sp³-hybridized carbons (Fsp3) is 0.571. The Balaban J connectivity index is 2.07. The predicted octanol–water partition coefficient (Wildman–Crippen LogP) is 3.26. The van der Waals surface area contributed by atoms with E-state index in [2.05, 4.69) is 11.4 Å². The van der Waals surface area contributed by atoms with Crippen LogP contribution < -0.4 is 5.32 Å². The molecule has 0 bridgehead atoms. The Morgan fingerprint density at radius 2 is 2.00 bits per heavy atom. The smallest absolute Gasteiger partial charge is 0.123 e. The molecule has 1 aliphatic rings. The average molecular weight is 221 g/mol. The number of benzene rings is 1. The van der Waals surface area contributed by atoms with Gasteiger partial charge in [0.15, 0.2) is 0 Å². The molecule has 1 nitrogen and oxygen atoms in total. The van der Waals surface area contributed by atoms with Gasteiger partial charge in [-0.15, -0.1) is 0 Å². The zero-order valence-electron chi connectivity index (χ0n) is 9.88. The highest BCUT2D eigenvalue weighted by Crippen LogP contribution is 2.25. The lowest BCUT2D eigenvalue weighted by atomic mass is 9.88. The maximum Gasteiger partial charge on any atom is 0.123 e. The van der Waals surface area contributed by atoms with Crippen molar-refractivity contribution < 1.29 is 4.39 Å². The molecule has 1 aromatic carbocycles. The predicted molar refractivity (Wildman–Crippen MR) is 65.3 cm³/mol. The lowest BCUT2D eigenvalue weighted by Gasteiger charge is -2.23. The Labute approximate surface area is 97.1 Å². The van der Waals surface area contributed by atoms with Crippen molar-refractivity contribution in [1.29, 1.82) is 0 Å². The summed E-state index contributed by atoms with van der Waals surface area (Å²) < 4.78 is 13.4. The van der Waals surface area contributed by atoms with Gasteiger partial charge in [-0.25, -0.2) is 4.39 Å². The van der Waals surface area contributed by atoms with Crippen molar-refractivity contribution in [3.8, 4) is 0 Å². The van der Waals surface area contributed by atoms with Crippen LogP contribution in [-0.2, 0) is 6.42 Å². The molecule has 0 saturated carbocycles. The molecular weight excluding hydrogens is 201 g/mol. The first kappa shape index (κ1) is 11.6. The number of hydrogen-bond donors (Lipinski definition) is 1. The van der Waals surface area contributed by atoms with E-state index in [1.165, 1.54) is 18.4 Å². The second-order valence-corrected chi connectivity index (χ2v) is 4.71. The molecule has 0 spiro atoms. The normalized spacial score (nSPS) is 19.6. The number of rotatable bonds is 3.